The van der Waals surface area contributed by atoms with Crippen molar-refractivity contribution in [3.05, 3.63) is 29.3 Å². The molecule has 0 aromatic heterocycles. The molecular weight excluding hydrogens is 210 g/mol. The number of nitriles is 1. The summed E-state index contributed by atoms with van der Waals surface area (Å²) in [6.45, 7) is 6.01. The molecule has 0 aliphatic carbocycles. The zero-order valence-corrected chi connectivity index (χ0v) is 10.5. The molecule has 2 atom stereocenters. The molecule has 1 aromatic carbocycles. The second-order valence-electron chi connectivity index (χ2n) is 5.01. The van der Waals surface area contributed by atoms with Crippen LogP contribution in [0, 0.1) is 17.2 Å². The first-order valence-electron chi connectivity index (χ1n) is 6.15. The maximum Gasteiger partial charge on any atom is 0.101 e. The average molecular weight is 229 g/mol. The number of hydrogen-bond acceptors (Lipinski definition) is 3. The minimum Gasteiger partial charge on any atom is -0.367 e. The van der Waals surface area contributed by atoms with E-state index in [1.165, 1.54) is 6.42 Å². The Kier molecular flexibility index (Phi) is 3.35. The van der Waals surface area contributed by atoms with Crippen LogP contribution < -0.4 is 10.6 Å². The quantitative estimate of drug-likeness (QED) is 0.846. The van der Waals surface area contributed by atoms with Crippen LogP contribution in [0.15, 0.2) is 18.2 Å². The summed E-state index contributed by atoms with van der Waals surface area (Å²) in [4.78, 5) is 2.34. The van der Waals surface area contributed by atoms with Gasteiger partial charge in [0.25, 0.3) is 0 Å². The molecule has 2 N–H and O–H groups in total. The molecule has 1 saturated heterocycles. The van der Waals surface area contributed by atoms with E-state index >= 15 is 0 Å². The van der Waals surface area contributed by atoms with Gasteiger partial charge in [0, 0.05) is 19.1 Å². The van der Waals surface area contributed by atoms with E-state index in [2.05, 4.69) is 24.8 Å². The molecule has 90 valence electrons. The Morgan fingerprint density at radius 3 is 2.76 bits per heavy atom. The molecule has 1 aromatic rings. The van der Waals surface area contributed by atoms with Gasteiger partial charge < -0.3 is 10.6 Å². The van der Waals surface area contributed by atoms with Gasteiger partial charge in [-0.25, -0.2) is 0 Å². The fraction of sp³-hybridized carbons (Fsp3) is 0.500. The molecule has 17 heavy (non-hydrogen) atoms. The Labute approximate surface area is 103 Å². The number of nitrogens with two attached hydrogens (primary N) is 1. The topological polar surface area (TPSA) is 53.0 Å². The van der Waals surface area contributed by atoms with Crippen molar-refractivity contribution in [2.24, 2.45) is 11.7 Å². The molecule has 1 fully saturated rings. The molecule has 2 unspecified atom stereocenters. The highest BCUT2D eigenvalue weighted by atomic mass is 15.2. The predicted octanol–water partition coefficient (Wildman–Crippen LogP) is 2.25. The fourth-order valence-electron chi connectivity index (χ4n) is 2.69. The van der Waals surface area contributed by atoms with E-state index in [1.807, 2.05) is 18.2 Å². The second kappa shape index (κ2) is 4.77. The van der Waals surface area contributed by atoms with Crippen molar-refractivity contribution in [1.82, 2.24) is 0 Å². The van der Waals surface area contributed by atoms with Gasteiger partial charge in [-0.2, -0.15) is 5.26 Å². The highest BCUT2D eigenvalue weighted by molar-refractivity contribution is 5.61. The van der Waals surface area contributed by atoms with E-state index in [0.29, 0.717) is 18.5 Å². The van der Waals surface area contributed by atoms with Gasteiger partial charge in [0.1, 0.15) is 6.07 Å². The number of rotatable bonds is 2. The molecule has 0 saturated carbocycles. The van der Waals surface area contributed by atoms with Gasteiger partial charge in [0.2, 0.25) is 0 Å². The van der Waals surface area contributed by atoms with Crippen LogP contribution in [0.25, 0.3) is 0 Å². The van der Waals surface area contributed by atoms with Crippen molar-refractivity contribution in [2.75, 3.05) is 11.4 Å². The third kappa shape index (κ3) is 2.27. The van der Waals surface area contributed by atoms with Gasteiger partial charge in [-0.05, 0) is 37.0 Å². The van der Waals surface area contributed by atoms with E-state index in [9.17, 15) is 5.26 Å². The minimum atomic E-state index is 0.487. The van der Waals surface area contributed by atoms with E-state index in [0.717, 1.165) is 23.4 Å². The highest BCUT2D eigenvalue weighted by Crippen LogP contribution is 2.31. The Bertz CT molecular complexity index is 447. The standard InChI is InChI=1S/C14H19N3/c1-10-5-11(2)17(9-10)14-4-3-12(7-15)6-13(14)8-16/h3-4,6,10-11H,5,7,9,15H2,1-2H3. The molecule has 0 bridgehead atoms. The van der Waals surface area contributed by atoms with E-state index in [4.69, 9.17) is 5.73 Å². The zero-order chi connectivity index (χ0) is 12.4. The largest absolute Gasteiger partial charge is 0.367 e. The summed E-state index contributed by atoms with van der Waals surface area (Å²) >= 11 is 0. The van der Waals surface area contributed by atoms with Crippen LogP contribution in [0.3, 0.4) is 0 Å². The van der Waals surface area contributed by atoms with E-state index in [-0.39, 0.29) is 0 Å². The average Bonchev–Trinajstić information content (AvgIpc) is 2.67. The first-order valence-corrected chi connectivity index (χ1v) is 6.15. The Hall–Kier alpha value is -1.53. The minimum absolute atomic E-state index is 0.487. The van der Waals surface area contributed by atoms with Crippen molar-refractivity contribution in [3.8, 4) is 6.07 Å². The number of anilines is 1. The van der Waals surface area contributed by atoms with Gasteiger partial charge in [-0.3, -0.25) is 0 Å². The summed E-state index contributed by atoms with van der Waals surface area (Å²) in [7, 11) is 0. The van der Waals surface area contributed by atoms with Crippen molar-refractivity contribution < 1.29 is 0 Å². The molecular formula is C14H19N3. The third-order valence-corrected chi connectivity index (χ3v) is 3.51. The molecule has 2 rings (SSSR count). The lowest BCUT2D eigenvalue weighted by Crippen LogP contribution is -2.27. The number of benzene rings is 1. The predicted molar refractivity (Wildman–Crippen MR) is 69.6 cm³/mol. The summed E-state index contributed by atoms with van der Waals surface area (Å²) in [5.41, 5.74) is 8.42. The van der Waals surface area contributed by atoms with Gasteiger partial charge >= 0.3 is 0 Å². The van der Waals surface area contributed by atoms with Crippen molar-refractivity contribution in [1.29, 1.82) is 5.26 Å². The molecule has 0 amide bonds. The smallest absolute Gasteiger partial charge is 0.101 e. The van der Waals surface area contributed by atoms with Crippen molar-refractivity contribution in [2.45, 2.75) is 32.9 Å². The Morgan fingerprint density at radius 1 is 1.47 bits per heavy atom. The Morgan fingerprint density at radius 2 is 2.24 bits per heavy atom. The lowest BCUT2D eigenvalue weighted by atomic mass is 10.1. The summed E-state index contributed by atoms with van der Waals surface area (Å²) in [6, 6.07) is 8.76. The normalized spacial score (nSPS) is 23.8. The lowest BCUT2D eigenvalue weighted by molar-refractivity contribution is 0.625. The zero-order valence-electron chi connectivity index (χ0n) is 10.5. The van der Waals surface area contributed by atoms with Crippen molar-refractivity contribution in [3.63, 3.8) is 0 Å². The van der Waals surface area contributed by atoms with Gasteiger partial charge in [0.05, 0.1) is 11.3 Å². The van der Waals surface area contributed by atoms with E-state index in [1.54, 1.807) is 0 Å². The van der Waals surface area contributed by atoms with Crippen molar-refractivity contribution >= 4 is 5.69 Å². The summed E-state index contributed by atoms with van der Waals surface area (Å²) in [5.74, 6) is 0.700. The molecule has 1 aliphatic rings. The van der Waals surface area contributed by atoms with Crippen LogP contribution in [-0.2, 0) is 6.54 Å². The van der Waals surface area contributed by atoms with Gasteiger partial charge in [0.15, 0.2) is 0 Å². The van der Waals surface area contributed by atoms with Gasteiger partial charge in [-0.15, -0.1) is 0 Å². The number of hydrogen-bond donors (Lipinski definition) is 1. The van der Waals surface area contributed by atoms with Crippen LogP contribution in [0.2, 0.25) is 0 Å². The second-order valence-corrected chi connectivity index (χ2v) is 5.01. The monoisotopic (exact) mass is 229 g/mol. The van der Waals surface area contributed by atoms with Gasteiger partial charge in [-0.1, -0.05) is 13.0 Å². The fourth-order valence-corrected chi connectivity index (χ4v) is 2.69. The molecule has 1 aliphatic heterocycles. The summed E-state index contributed by atoms with van der Waals surface area (Å²) in [5, 5.41) is 9.23. The molecule has 3 heteroatoms. The first kappa shape index (κ1) is 11.9. The van der Waals surface area contributed by atoms with Crippen LogP contribution in [0.5, 0.6) is 0 Å². The van der Waals surface area contributed by atoms with Crippen LogP contribution >= 0.6 is 0 Å². The maximum absolute atomic E-state index is 9.23. The molecule has 0 spiro atoms. The van der Waals surface area contributed by atoms with E-state index < -0.39 is 0 Å². The SMILES string of the molecule is CC1CC(C)N(c2ccc(CN)cc2C#N)C1. The molecule has 3 nitrogen and oxygen atoms in total. The highest BCUT2D eigenvalue weighted by Gasteiger charge is 2.27. The Balaban J connectivity index is 2.36. The molecule has 0 radical (unpaired) electrons. The number of nitrogens with zero attached hydrogens (tertiary/aromatic N) is 2. The lowest BCUT2D eigenvalue weighted by Gasteiger charge is -2.25. The summed E-state index contributed by atoms with van der Waals surface area (Å²) < 4.78 is 0. The van der Waals surface area contributed by atoms with Crippen LogP contribution in [-0.4, -0.2) is 12.6 Å². The third-order valence-electron chi connectivity index (χ3n) is 3.51. The first-order chi connectivity index (χ1) is 8.15. The van der Waals surface area contributed by atoms with Crippen LogP contribution in [0.1, 0.15) is 31.4 Å². The summed E-state index contributed by atoms with van der Waals surface area (Å²) in [6.07, 6.45) is 1.20. The molecule has 1 heterocycles. The maximum atomic E-state index is 9.23. The van der Waals surface area contributed by atoms with Crippen LogP contribution in [0.4, 0.5) is 5.69 Å².